The third-order valence-electron chi connectivity index (χ3n) is 3.79. The van der Waals surface area contributed by atoms with Gasteiger partial charge in [-0.2, -0.15) is 5.10 Å². The highest BCUT2D eigenvalue weighted by Crippen LogP contribution is 2.29. The smallest absolute Gasteiger partial charge is 0.254 e. The van der Waals surface area contributed by atoms with Crippen LogP contribution in [0.25, 0.3) is 0 Å². The molecule has 21 heavy (non-hydrogen) atoms. The fraction of sp³-hybridized carbons (Fsp3) is 0.538. The predicted molar refractivity (Wildman–Crippen MR) is 80.2 cm³/mol. The highest BCUT2D eigenvalue weighted by Gasteiger charge is 2.42. The van der Waals surface area contributed by atoms with E-state index in [1.807, 2.05) is 19.2 Å². The Labute approximate surface area is 126 Å². The Morgan fingerprint density at radius 1 is 1.48 bits per heavy atom. The molecule has 2 N–H and O–H groups in total. The van der Waals surface area contributed by atoms with Crippen LogP contribution in [0.4, 0.5) is 5.13 Å². The minimum Gasteiger partial charge on any atom is -0.317 e. The summed E-state index contributed by atoms with van der Waals surface area (Å²) in [6.07, 6.45) is 5.79. The molecule has 0 bridgehead atoms. The van der Waals surface area contributed by atoms with E-state index in [-0.39, 0.29) is 5.91 Å². The molecule has 1 aliphatic rings. The molecule has 0 aliphatic carbocycles. The third kappa shape index (κ3) is 2.68. The lowest BCUT2D eigenvalue weighted by Crippen LogP contribution is -2.52. The largest absolute Gasteiger partial charge is 0.317 e. The van der Waals surface area contributed by atoms with Gasteiger partial charge in [0.1, 0.15) is 10.5 Å². The fourth-order valence-electron chi connectivity index (χ4n) is 2.58. The average Bonchev–Trinajstić information content (AvgIpc) is 3.19. The normalized spacial score (nSPS) is 17.6. The molecule has 0 saturated carbocycles. The second-order valence-corrected chi connectivity index (χ2v) is 6.10. The molecule has 1 amide bonds. The number of nitrogens with zero attached hydrogens (tertiary/aromatic N) is 4. The monoisotopic (exact) mass is 306 g/mol. The number of aromatic nitrogens is 4. The minimum atomic E-state index is -0.646. The van der Waals surface area contributed by atoms with Crippen molar-refractivity contribution in [2.24, 2.45) is 0 Å². The fourth-order valence-corrected chi connectivity index (χ4v) is 3.26. The molecule has 0 atom stereocenters. The van der Waals surface area contributed by atoms with E-state index in [1.54, 1.807) is 10.9 Å². The summed E-state index contributed by atoms with van der Waals surface area (Å²) in [7, 11) is 0. The molecule has 1 fully saturated rings. The molecule has 0 spiro atoms. The molecular weight excluding hydrogens is 288 g/mol. The van der Waals surface area contributed by atoms with Gasteiger partial charge in [0.15, 0.2) is 0 Å². The maximum atomic E-state index is 12.8. The highest BCUT2D eigenvalue weighted by atomic mass is 32.1. The highest BCUT2D eigenvalue weighted by molar-refractivity contribution is 7.15. The molecule has 0 aromatic carbocycles. The van der Waals surface area contributed by atoms with Crippen LogP contribution in [0.3, 0.4) is 0 Å². The molecule has 7 nitrogen and oxygen atoms in total. The van der Waals surface area contributed by atoms with E-state index < -0.39 is 5.54 Å². The number of hydrogen-bond acceptors (Lipinski definition) is 6. The number of aryl methyl sites for hydroxylation is 1. The van der Waals surface area contributed by atoms with Crippen LogP contribution in [0.5, 0.6) is 0 Å². The van der Waals surface area contributed by atoms with E-state index in [0.29, 0.717) is 18.0 Å². The van der Waals surface area contributed by atoms with E-state index in [4.69, 9.17) is 0 Å². The molecule has 3 heterocycles. The zero-order chi connectivity index (χ0) is 14.7. The molecule has 0 unspecified atom stereocenters. The molecule has 8 heteroatoms. The molecule has 3 rings (SSSR count). The summed E-state index contributed by atoms with van der Waals surface area (Å²) < 4.78 is 1.77. The van der Waals surface area contributed by atoms with Gasteiger partial charge in [0.2, 0.25) is 5.13 Å². The molecule has 2 aromatic rings. The first-order valence-corrected chi connectivity index (χ1v) is 7.91. The van der Waals surface area contributed by atoms with Crippen molar-refractivity contribution in [1.82, 2.24) is 25.3 Å². The van der Waals surface area contributed by atoms with Crippen LogP contribution in [-0.2, 0) is 16.8 Å². The Bertz CT molecular complexity index is 602. The van der Waals surface area contributed by atoms with E-state index in [0.717, 1.165) is 24.5 Å². The zero-order valence-corrected chi connectivity index (χ0v) is 12.7. The van der Waals surface area contributed by atoms with Gasteiger partial charge >= 0.3 is 0 Å². The summed E-state index contributed by atoms with van der Waals surface area (Å²) in [5, 5.41) is 20.0. The third-order valence-corrected chi connectivity index (χ3v) is 4.77. The Morgan fingerprint density at radius 2 is 2.29 bits per heavy atom. The van der Waals surface area contributed by atoms with Gasteiger partial charge in [-0.3, -0.25) is 14.8 Å². The lowest BCUT2D eigenvalue weighted by atomic mass is 9.87. The summed E-state index contributed by atoms with van der Waals surface area (Å²) in [5.41, 5.74) is -0.646. The van der Waals surface area contributed by atoms with Crippen LogP contribution in [0.1, 0.15) is 24.8 Å². The summed E-state index contributed by atoms with van der Waals surface area (Å²) in [5.74, 6) is -0.0634. The van der Waals surface area contributed by atoms with Gasteiger partial charge in [0, 0.05) is 12.4 Å². The Balaban J connectivity index is 1.84. The molecule has 0 radical (unpaired) electrons. The summed E-state index contributed by atoms with van der Waals surface area (Å²) in [6, 6.07) is 1.84. The maximum absolute atomic E-state index is 12.8. The average molecular weight is 306 g/mol. The van der Waals surface area contributed by atoms with Crippen LogP contribution in [0.2, 0.25) is 0 Å². The first-order valence-electron chi connectivity index (χ1n) is 7.09. The molecule has 1 saturated heterocycles. The van der Waals surface area contributed by atoms with E-state index >= 15 is 0 Å². The van der Waals surface area contributed by atoms with Crippen molar-refractivity contribution >= 4 is 22.4 Å². The standard InChI is InChI=1S/C13H18N6OS/c1-2-10-17-18-12(21-10)16-11(20)13(4-7-14-8-5-13)19-9-3-6-15-19/h3,6,9,14H,2,4-5,7-8H2,1H3,(H,16,18,20). The Morgan fingerprint density at radius 3 is 2.90 bits per heavy atom. The predicted octanol–water partition coefficient (Wildman–Crippen LogP) is 1.01. The second kappa shape index (κ2) is 5.90. The van der Waals surface area contributed by atoms with Crippen LogP contribution in [0.15, 0.2) is 18.5 Å². The summed E-state index contributed by atoms with van der Waals surface area (Å²) in [4.78, 5) is 12.8. The summed E-state index contributed by atoms with van der Waals surface area (Å²) >= 11 is 1.42. The molecule has 2 aromatic heterocycles. The van der Waals surface area contributed by atoms with Crippen molar-refractivity contribution in [1.29, 1.82) is 0 Å². The quantitative estimate of drug-likeness (QED) is 0.881. The van der Waals surface area contributed by atoms with Gasteiger partial charge in [0.25, 0.3) is 5.91 Å². The molecule has 1 aliphatic heterocycles. The first kappa shape index (κ1) is 14.2. The topological polar surface area (TPSA) is 84.7 Å². The lowest BCUT2D eigenvalue weighted by Gasteiger charge is -2.36. The minimum absolute atomic E-state index is 0.0634. The number of rotatable bonds is 4. The van der Waals surface area contributed by atoms with Crippen LogP contribution >= 0.6 is 11.3 Å². The number of carbonyl (C=O) groups excluding carboxylic acids is 1. The van der Waals surface area contributed by atoms with Crippen LogP contribution in [-0.4, -0.2) is 39.0 Å². The first-order chi connectivity index (χ1) is 10.2. The lowest BCUT2D eigenvalue weighted by molar-refractivity contribution is -0.126. The Kier molecular flexibility index (Phi) is 3.98. The number of anilines is 1. The summed E-state index contributed by atoms with van der Waals surface area (Å²) in [6.45, 7) is 3.61. The van der Waals surface area contributed by atoms with Crippen molar-refractivity contribution in [2.75, 3.05) is 18.4 Å². The van der Waals surface area contributed by atoms with Crippen LogP contribution in [0, 0.1) is 0 Å². The zero-order valence-electron chi connectivity index (χ0n) is 11.9. The van der Waals surface area contributed by atoms with Crippen molar-refractivity contribution in [2.45, 2.75) is 31.7 Å². The molecule has 112 valence electrons. The van der Waals surface area contributed by atoms with E-state index in [2.05, 4.69) is 25.9 Å². The van der Waals surface area contributed by atoms with Crippen molar-refractivity contribution in [3.8, 4) is 0 Å². The SMILES string of the molecule is CCc1nnc(NC(=O)C2(n3cccn3)CCNCC2)s1. The van der Waals surface area contributed by atoms with E-state index in [9.17, 15) is 4.79 Å². The van der Waals surface area contributed by atoms with Gasteiger partial charge in [-0.05, 0) is 38.4 Å². The number of hydrogen-bond donors (Lipinski definition) is 2. The van der Waals surface area contributed by atoms with Gasteiger partial charge < -0.3 is 5.32 Å². The van der Waals surface area contributed by atoms with Crippen molar-refractivity contribution < 1.29 is 4.79 Å². The van der Waals surface area contributed by atoms with Gasteiger partial charge in [-0.15, -0.1) is 10.2 Å². The van der Waals surface area contributed by atoms with Crippen molar-refractivity contribution in [3.05, 3.63) is 23.5 Å². The number of piperidine rings is 1. The van der Waals surface area contributed by atoms with Gasteiger partial charge in [0.05, 0.1) is 0 Å². The number of carbonyl (C=O) groups is 1. The van der Waals surface area contributed by atoms with Crippen LogP contribution < -0.4 is 10.6 Å². The number of nitrogens with one attached hydrogen (secondary N) is 2. The van der Waals surface area contributed by atoms with E-state index in [1.165, 1.54) is 11.3 Å². The van der Waals surface area contributed by atoms with Crippen molar-refractivity contribution in [3.63, 3.8) is 0 Å². The maximum Gasteiger partial charge on any atom is 0.254 e. The molecular formula is C13H18N6OS. The second-order valence-electron chi connectivity index (χ2n) is 5.04. The van der Waals surface area contributed by atoms with Gasteiger partial charge in [-0.25, -0.2) is 0 Å². The van der Waals surface area contributed by atoms with Gasteiger partial charge in [-0.1, -0.05) is 18.3 Å². The number of amides is 1. The Hall–Kier alpha value is -1.80.